The smallest absolute Gasteiger partial charge is 0.317 e. The fourth-order valence-electron chi connectivity index (χ4n) is 3.58. The highest BCUT2D eigenvalue weighted by Gasteiger charge is 2.29. The summed E-state index contributed by atoms with van der Waals surface area (Å²) in [4.78, 5) is 19.9. The Balaban J connectivity index is 0.00000261. The monoisotopic (exact) mass is 394 g/mol. The first kappa shape index (κ1) is 21.3. The molecule has 148 valence electrons. The minimum atomic E-state index is -0.762. The van der Waals surface area contributed by atoms with Crippen molar-refractivity contribution in [1.29, 1.82) is 0 Å². The van der Waals surface area contributed by atoms with Crippen molar-refractivity contribution in [1.82, 2.24) is 19.9 Å². The van der Waals surface area contributed by atoms with Crippen molar-refractivity contribution in [2.75, 3.05) is 26.2 Å². The molecule has 1 aromatic carbocycles. The molecule has 1 atom stereocenters. The van der Waals surface area contributed by atoms with E-state index in [1.54, 1.807) is 0 Å². The van der Waals surface area contributed by atoms with Crippen molar-refractivity contribution < 1.29 is 14.4 Å². The van der Waals surface area contributed by atoms with E-state index in [9.17, 15) is 4.79 Å². The van der Waals surface area contributed by atoms with Gasteiger partial charge in [0.2, 0.25) is 11.7 Å². The van der Waals surface area contributed by atoms with Crippen LogP contribution in [0.2, 0.25) is 0 Å². The van der Waals surface area contributed by atoms with Crippen LogP contribution in [0.1, 0.15) is 38.6 Å². The van der Waals surface area contributed by atoms with Crippen molar-refractivity contribution >= 4 is 18.4 Å². The normalized spacial score (nSPS) is 16.9. The summed E-state index contributed by atoms with van der Waals surface area (Å²) in [6.07, 6.45) is 1.90. The van der Waals surface area contributed by atoms with Gasteiger partial charge >= 0.3 is 5.97 Å². The van der Waals surface area contributed by atoms with E-state index in [0.717, 1.165) is 38.0 Å². The number of carbonyl (C=O) groups is 1. The topological polar surface area (TPSA) is 82.7 Å². The molecule has 2 aromatic rings. The number of nitrogens with zero attached hydrogens (tertiary/aromatic N) is 4. The molecule has 1 N–H and O–H groups in total. The largest absolute Gasteiger partial charge is 0.480 e. The van der Waals surface area contributed by atoms with Crippen LogP contribution in [-0.4, -0.2) is 63.2 Å². The maximum Gasteiger partial charge on any atom is 0.317 e. The summed E-state index contributed by atoms with van der Waals surface area (Å²) in [6, 6.07) is 10.2. The Bertz CT molecular complexity index is 717. The number of halogens is 1. The molecule has 7 nitrogen and oxygen atoms in total. The number of aliphatic carboxylic acids is 1. The third-order valence-corrected chi connectivity index (χ3v) is 5.14. The van der Waals surface area contributed by atoms with Gasteiger partial charge in [0.1, 0.15) is 0 Å². The molecule has 0 spiro atoms. The van der Waals surface area contributed by atoms with Crippen LogP contribution < -0.4 is 0 Å². The minimum Gasteiger partial charge on any atom is -0.480 e. The summed E-state index contributed by atoms with van der Waals surface area (Å²) in [7, 11) is 0. The number of rotatable bonds is 7. The van der Waals surface area contributed by atoms with Crippen LogP contribution in [0.4, 0.5) is 0 Å². The van der Waals surface area contributed by atoms with Crippen LogP contribution in [0.3, 0.4) is 0 Å². The maximum atomic E-state index is 11.0. The number of piperidine rings is 1. The van der Waals surface area contributed by atoms with Gasteiger partial charge in [-0.25, -0.2) is 0 Å². The lowest BCUT2D eigenvalue weighted by Crippen LogP contribution is -2.47. The number of benzene rings is 1. The quantitative estimate of drug-likeness (QED) is 0.772. The lowest BCUT2D eigenvalue weighted by atomic mass is 10.0. The molecular formula is C19H27ClN4O3. The van der Waals surface area contributed by atoms with Crippen molar-refractivity contribution in [2.24, 2.45) is 0 Å². The molecule has 0 saturated carbocycles. The molecule has 8 heteroatoms. The second-order valence-corrected chi connectivity index (χ2v) is 6.72. The molecule has 27 heavy (non-hydrogen) atoms. The van der Waals surface area contributed by atoms with Gasteiger partial charge < -0.3 is 9.63 Å². The Morgan fingerprint density at radius 2 is 2.00 bits per heavy atom. The van der Waals surface area contributed by atoms with Crippen LogP contribution in [0.5, 0.6) is 0 Å². The number of carboxylic acid groups (broad SMARTS) is 1. The van der Waals surface area contributed by atoms with E-state index in [-0.39, 0.29) is 25.0 Å². The van der Waals surface area contributed by atoms with Gasteiger partial charge in [0.05, 0.1) is 12.6 Å². The second-order valence-electron chi connectivity index (χ2n) is 6.72. The molecule has 1 fully saturated rings. The number of carboxylic acids is 1. The standard InChI is InChI=1S/C19H26N4O3.ClH/c1-3-22(13-17(24)25)16-9-11-23(12-10-16)14(2)19-20-18(21-26-19)15-7-5-4-6-8-15;/h4-8,14,16H,3,9-13H2,1-2H3,(H,24,25);1H. The highest BCUT2D eigenvalue weighted by Crippen LogP contribution is 2.26. The Morgan fingerprint density at radius 3 is 2.59 bits per heavy atom. The summed E-state index contributed by atoms with van der Waals surface area (Å²) in [5.74, 6) is 0.475. The summed E-state index contributed by atoms with van der Waals surface area (Å²) < 4.78 is 5.49. The van der Waals surface area contributed by atoms with Gasteiger partial charge in [-0.3, -0.25) is 14.6 Å². The predicted octanol–water partition coefficient (Wildman–Crippen LogP) is 3.09. The molecule has 1 aromatic heterocycles. The van der Waals surface area contributed by atoms with Gasteiger partial charge in [0, 0.05) is 24.7 Å². The molecule has 1 saturated heterocycles. The Kier molecular flexibility index (Phi) is 7.77. The van der Waals surface area contributed by atoms with Crippen LogP contribution in [0.25, 0.3) is 11.4 Å². The molecule has 0 amide bonds. The van der Waals surface area contributed by atoms with E-state index in [1.165, 1.54) is 0 Å². The van der Waals surface area contributed by atoms with Gasteiger partial charge in [-0.05, 0) is 26.3 Å². The molecule has 0 aliphatic carbocycles. The van der Waals surface area contributed by atoms with Gasteiger partial charge in [-0.2, -0.15) is 4.98 Å². The summed E-state index contributed by atoms with van der Waals surface area (Å²) in [6.45, 7) is 6.76. The predicted molar refractivity (Wildman–Crippen MR) is 105 cm³/mol. The third-order valence-electron chi connectivity index (χ3n) is 5.14. The average molecular weight is 395 g/mol. The average Bonchev–Trinajstić information content (AvgIpc) is 3.16. The number of hydrogen-bond donors (Lipinski definition) is 1. The molecule has 1 aliphatic rings. The molecule has 0 radical (unpaired) electrons. The lowest BCUT2D eigenvalue weighted by Gasteiger charge is -2.39. The van der Waals surface area contributed by atoms with E-state index in [1.807, 2.05) is 42.2 Å². The first-order chi connectivity index (χ1) is 12.6. The number of likely N-dealkylation sites (tertiary alicyclic amines) is 1. The first-order valence-electron chi connectivity index (χ1n) is 9.17. The Labute approximate surface area is 165 Å². The summed E-state index contributed by atoms with van der Waals surface area (Å²) >= 11 is 0. The van der Waals surface area contributed by atoms with Crippen LogP contribution in [0, 0.1) is 0 Å². The van der Waals surface area contributed by atoms with Crippen LogP contribution in [0.15, 0.2) is 34.9 Å². The molecule has 1 unspecified atom stereocenters. The highest BCUT2D eigenvalue weighted by atomic mass is 35.5. The molecule has 3 rings (SSSR count). The first-order valence-corrected chi connectivity index (χ1v) is 9.17. The second kappa shape index (κ2) is 9.82. The molecular weight excluding hydrogens is 368 g/mol. The zero-order chi connectivity index (χ0) is 18.5. The van der Waals surface area contributed by atoms with Crippen LogP contribution in [-0.2, 0) is 4.79 Å². The van der Waals surface area contributed by atoms with Gasteiger partial charge in [0.15, 0.2) is 0 Å². The summed E-state index contributed by atoms with van der Waals surface area (Å²) in [5.41, 5.74) is 0.945. The highest BCUT2D eigenvalue weighted by molar-refractivity contribution is 5.85. The molecule has 2 heterocycles. The van der Waals surface area contributed by atoms with E-state index in [2.05, 4.69) is 22.0 Å². The Hall–Kier alpha value is -1.96. The number of likely N-dealkylation sites (N-methyl/N-ethyl adjacent to an activating group) is 1. The van der Waals surface area contributed by atoms with E-state index >= 15 is 0 Å². The lowest BCUT2D eigenvalue weighted by molar-refractivity contribution is -0.139. The van der Waals surface area contributed by atoms with E-state index < -0.39 is 5.97 Å². The fraction of sp³-hybridized carbons (Fsp3) is 0.526. The van der Waals surface area contributed by atoms with E-state index in [0.29, 0.717) is 17.8 Å². The number of aromatic nitrogens is 2. The Morgan fingerprint density at radius 1 is 1.33 bits per heavy atom. The van der Waals surface area contributed by atoms with Gasteiger partial charge in [0.25, 0.3) is 0 Å². The zero-order valence-electron chi connectivity index (χ0n) is 15.7. The van der Waals surface area contributed by atoms with Crippen molar-refractivity contribution in [3.8, 4) is 11.4 Å². The van der Waals surface area contributed by atoms with Crippen LogP contribution >= 0.6 is 12.4 Å². The molecule has 0 bridgehead atoms. The SMILES string of the molecule is CCN(CC(=O)O)C1CCN(C(C)c2nc(-c3ccccc3)no2)CC1.Cl. The van der Waals surface area contributed by atoms with Crippen molar-refractivity contribution in [3.63, 3.8) is 0 Å². The fourth-order valence-corrected chi connectivity index (χ4v) is 3.58. The summed E-state index contributed by atoms with van der Waals surface area (Å²) in [5, 5.41) is 13.2. The van der Waals surface area contributed by atoms with Gasteiger partial charge in [-0.1, -0.05) is 42.4 Å². The number of hydrogen-bond acceptors (Lipinski definition) is 6. The van der Waals surface area contributed by atoms with Gasteiger partial charge in [-0.15, -0.1) is 12.4 Å². The maximum absolute atomic E-state index is 11.0. The molecule has 1 aliphatic heterocycles. The van der Waals surface area contributed by atoms with Crippen molar-refractivity contribution in [2.45, 2.75) is 38.8 Å². The minimum absolute atomic E-state index is 0. The third kappa shape index (κ3) is 5.28. The van der Waals surface area contributed by atoms with E-state index in [4.69, 9.17) is 9.63 Å². The zero-order valence-corrected chi connectivity index (χ0v) is 16.6. The van der Waals surface area contributed by atoms with Crippen molar-refractivity contribution in [3.05, 3.63) is 36.2 Å².